The van der Waals surface area contributed by atoms with Crippen LogP contribution < -0.4 is 9.84 Å². The summed E-state index contributed by atoms with van der Waals surface area (Å²) >= 11 is 3.25. The maximum atomic E-state index is 10.6. The normalized spacial score (nSPS) is 10.0. The van der Waals surface area contributed by atoms with Crippen molar-refractivity contribution in [2.24, 2.45) is 0 Å². The predicted octanol–water partition coefficient (Wildman–Crippen LogP) is 1.99. The second-order valence-electron chi connectivity index (χ2n) is 3.13. The average molecular weight is 272 g/mol. The number of carboxylic acid groups (broad SMARTS) is 1. The lowest BCUT2D eigenvalue weighted by molar-refractivity contribution is -0.255. The Kier molecular flexibility index (Phi) is 4.62. The topological polar surface area (TPSA) is 49.4 Å². The number of benzene rings is 1. The van der Waals surface area contributed by atoms with Crippen LogP contribution in [-0.4, -0.2) is 12.6 Å². The molecule has 0 saturated carbocycles. The summed E-state index contributed by atoms with van der Waals surface area (Å²) in [4.78, 5) is 10.6. The molecule has 3 nitrogen and oxygen atoms in total. The Morgan fingerprint density at radius 2 is 2.27 bits per heavy atom. The Morgan fingerprint density at radius 3 is 2.80 bits per heavy atom. The van der Waals surface area contributed by atoms with Crippen LogP contribution in [0.5, 0.6) is 5.75 Å². The van der Waals surface area contributed by atoms with Crippen molar-refractivity contribution in [1.29, 1.82) is 0 Å². The first-order valence-electron chi connectivity index (χ1n) is 4.79. The third-order valence-electron chi connectivity index (χ3n) is 1.92. The summed E-state index contributed by atoms with van der Waals surface area (Å²) in [5, 5.41) is 10.6. The molecule has 0 radical (unpaired) electrons. The number of carbonyl (C=O) groups excluding carboxylic acids is 1. The van der Waals surface area contributed by atoms with Gasteiger partial charge in [0.05, 0.1) is 17.0 Å². The lowest BCUT2D eigenvalue weighted by atomic mass is 10.2. The Bertz CT molecular complexity index is 350. The molecule has 0 atom stereocenters. The van der Waals surface area contributed by atoms with Gasteiger partial charge in [-0.25, -0.2) is 0 Å². The molecule has 0 spiro atoms. The number of unbranched alkanes of at least 4 members (excludes halogenated alkanes) is 1. The van der Waals surface area contributed by atoms with Crippen molar-refractivity contribution in [2.75, 3.05) is 6.61 Å². The molecule has 4 heteroatoms. The summed E-state index contributed by atoms with van der Waals surface area (Å²) in [5.41, 5.74) is 0.143. The molecule has 0 amide bonds. The van der Waals surface area contributed by atoms with Gasteiger partial charge < -0.3 is 14.6 Å². The minimum atomic E-state index is -1.18. The van der Waals surface area contributed by atoms with Crippen LogP contribution in [-0.2, 0) is 0 Å². The number of hydrogen-bond acceptors (Lipinski definition) is 3. The number of carbonyl (C=O) groups is 1. The third kappa shape index (κ3) is 3.55. The molecule has 0 bridgehead atoms. The smallest absolute Gasteiger partial charge is 0.133 e. The van der Waals surface area contributed by atoms with Gasteiger partial charge in [0, 0.05) is 0 Å². The molecule has 0 aliphatic heterocycles. The van der Waals surface area contributed by atoms with Gasteiger partial charge in [-0.05, 0) is 46.1 Å². The molecular weight excluding hydrogens is 260 g/mol. The van der Waals surface area contributed by atoms with Gasteiger partial charge >= 0.3 is 0 Å². The van der Waals surface area contributed by atoms with Crippen LogP contribution in [0.2, 0.25) is 0 Å². The quantitative estimate of drug-likeness (QED) is 0.770. The lowest BCUT2D eigenvalue weighted by Gasteiger charge is -2.09. The van der Waals surface area contributed by atoms with Crippen LogP contribution in [0.25, 0.3) is 0 Å². The fourth-order valence-electron chi connectivity index (χ4n) is 1.07. The first kappa shape index (κ1) is 12.0. The highest BCUT2D eigenvalue weighted by molar-refractivity contribution is 9.10. The summed E-state index contributed by atoms with van der Waals surface area (Å²) in [6, 6.07) is 4.59. The van der Waals surface area contributed by atoms with Crippen LogP contribution in [0.4, 0.5) is 0 Å². The van der Waals surface area contributed by atoms with Gasteiger partial charge in [0.1, 0.15) is 5.75 Å². The zero-order valence-corrected chi connectivity index (χ0v) is 10.0. The van der Waals surface area contributed by atoms with E-state index in [0.29, 0.717) is 16.8 Å². The first-order chi connectivity index (χ1) is 7.15. The molecule has 82 valence electrons. The summed E-state index contributed by atoms with van der Waals surface area (Å²) < 4.78 is 6.09. The zero-order chi connectivity index (χ0) is 11.3. The largest absolute Gasteiger partial charge is 0.545 e. The van der Waals surface area contributed by atoms with E-state index in [1.165, 1.54) is 12.1 Å². The monoisotopic (exact) mass is 271 g/mol. The van der Waals surface area contributed by atoms with Gasteiger partial charge in [-0.3, -0.25) is 0 Å². The van der Waals surface area contributed by atoms with E-state index in [2.05, 4.69) is 22.9 Å². The third-order valence-corrected chi connectivity index (χ3v) is 2.54. The van der Waals surface area contributed by atoms with Crippen molar-refractivity contribution >= 4 is 21.9 Å². The van der Waals surface area contributed by atoms with Gasteiger partial charge in [-0.1, -0.05) is 13.3 Å². The van der Waals surface area contributed by atoms with Gasteiger partial charge in [-0.15, -0.1) is 0 Å². The molecule has 0 aliphatic carbocycles. The SMILES string of the molecule is CCCCOc1ccc(C(=O)[O-])cc1Br. The number of hydrogen-bond donors (Lipinski definition) is 0. The highest BCUT2D eigenvalue weighted by atomic mass is 79.9. The van der Waals surface area contributed by atoms with Crippen molar-refractivity contribution in [3.05, 3.63) is 28.2 Å². The maximum Gasteiger partial charge on any atom is 0.133 e. The highest BCUT2D eigenvalue weighted by Crippen LogP contribution is 2.25. The van der Waals surface area contributed by atoms with E-state index in [1.54, 1.807) is 6.07 Å². The fraction of sp³-hybridized carbons (Fsp3) is 0.364. The summed E-state index contributed by atoms with van der Waals surface area (Å²) in [6.07, 6.45) is 2.05. The van der Waals surface area contributed by atoms with Crippen molar-refractivity contribution in [3.63, 3.8) is 0 Å². The molecule has 0 unspecified atom stereocenters. The second-order valence-corrected chi connectivity index (χ2v) is 3.99. The standard InChI is InChI=1S/C11H13BrO3/c1-2-3-6-15-10-5-4-8(11(13)14)7-9(10)12/h4-5,7H,2-3,6H2,1H3,(H,13,14)/p-1. The van der Waals surface area contributed by atoms with Crippen LogP contribution in [0.3, 0.4) is 0 Å². The molecule has 1 aromatic rings. The molecule has 0 fully saturated rings. The molecule has 0 aromatic heterocycles. The van der Waals surface area contributed by atoms with Crippen molar-refractivity contribution in [3.8, 4) is 5.75 Å². The van der Waals surface area contributed by atoms with Gasteiger partial charge in [0.2, 0.25) is 0 Å². The van der Waals surface area contributed by atoms with Crippen molar-refractivity contribution < 1.29 is 14.6 Å². The molecule has 0 N–H and O–H groups in total. The number of carboxylic acids is 1. The van der Waals surface area contributed by atoms with E-state index in [4.69, 9.17) is 4.74 Å². The highest BCUT2D eigenvalue weighted by Gasteiger charge is 2.02. The molecule has 0 aliphatic rings. The zero-order valence-electron chi connectivity index (χ0n) is 8.46. The van der Waals surface area contributed by atoms with E-state index in [1.807, 2.05) is 0 Å². The minimum absolute atomic E-state index is 0.143. The van der Waals surface area contributed by atoms with E-state index in [9.17, 15) is 9.90 Å². The molecule has 1 rings (SSSR count). The Morgan fingerprint density at radius 1 is 1.53 bits per heavy atom. The van der Waals surface area contributed by atoms with Crippen molar-refractivity contribution in [2.45, 2.75) is 19.8 Å². The molecule has 15 heavy (non-hydrogen) atoms. The van der Waals surface area contributed by atoms with E-state index >= 15 is 0 Å². The Labute approximate surface area is 97.2 Å². The number of halogens is 1. The molecular formula is C11H12BrO3-. The minimum Gasteiger partial charge on any atom is -0.545 e. The van der Waals surface area contributed by atoms with Crippen molar-refractivity contribution in [1.82, 2.24) is 0 Å². The second kappa shape index (κ2) is 5.75. The van der Waals surface area contributed by atoms with E-state index in [0.717, 1.165) is 12.8 Å². The van der Waals surface area contributed by atoms with E-state index in [-0.39, 0.29) is 5.56 Å². The average Bonchev–Trinajstić information content (AvgIpc) is 2.20. The van der Waals surface area contributed by atoms with Gasteiger partial charge in [0.15, 0.2) is 0 Å². The van der Waals surface area contributed by atoms with Gasteiger partial charge in [0.25, 0.3) is 0 Å². The van der Waals surface area contributed by atoms with Crippen LogP contribution >= 0.6 is 15.9 Å². The summed E-state index contributed by atoms with van der Waals surface area (Å²) in [7, 11) is 0. The summed E-state index contributed by atoms with van der Waals surface area (Å²) in [5.74, 6) is -0.524. The number of aromatic carboxylic acids is 1. The van der Waals surface area contributed by atoms with Crippen LogP contribution in [0.15, 0.2) is 22.7 Å². The number of ether oxygens (including phenoxy) is 1. The first-order valence-corrected chi connectivity index (χ1v) is 5.58. The van der Waals surface area contributed by atoms with Crippen LogP contribution in [0, 0.1) is 0 Å². The summed E-state index contributed by atoms with van der Waals surface area (Å²) in [6.45, 7) is 2.72. The Balaban J connectivity index is 2.70. The van der Waals surface area contributed by atoms with Crippen LogP contribution in [0.1, 0.15) is 30.1 Å². The Hall–Kier alpha value is -1.03. The van der Waals surface area contributed by atoms with Gasteiger partial charge in [-0.2, -0.15) is 0 Å². The van der Waals surface area contributed by atoms with E-state index < -0.39 is 5.97 Å². The molecule has 1 aromatic carbocycles. The molecule has 0 saturated heterocycles. The predicted molar refractivity (Wildman–Crippen MR) is 58.9 cm³/mol. The molecule has 0 heterocycles. The number of rotatable bonds is 5. The lowest BCUT2D eigenvalue weighted by Crippen LogP contribution is -2.22. The fourth-order valence-corrected chi connectivity index (χ4v) is 1.56. The maximum absolute atomic E-state index is 10.6.